The monoisotopic (exact) mass is 447 g/mol. The van der Waals surface area contributed by atoms with Crippen molar-refractivity contribution in [2.75, 3.05) is 7.11 Å². The summed E-state index contributed by atoms with van der Waals surface area (Å²) in [4.78, 5) is 17.9. The predicted octanol–water partition coefficient (Wildman–Crippen LogP) is 5.52. The second-order valence-electron chi connectivity index (χ2n) is 9.36. The number of aromatic nitrogens is 1. The van der Waals surface area contributed by atoms with E-state index in [1.54, 1.807) is 0 Å². The van der Waals surface area contributed by atoms with Crippen LogP contribution in [0.1, 0.15) is 68.5 Å². The molecule has 33 heavy (non-hydrogen) atoms. The molecule has 0 N–H and O–H groups in total. The fraction of sp³-hybridized carbons (Fsp3) is 0.444. The van der Waals surface area contributed by atoms with E-state index < -0.39 is 17.7 Å². The molecule has 2 atom stereocenters. The Morgan fingerprint density at radius 1 is 1.21 bits per heavy atom. The lowest BCUT2D eigenvalue weighted by molar-refractivity contribution is -0.158. The second kappa shape index (κ2) is 9.36. The van der Waals surface area contributed by atoms with Crippen molar-refractivity contribution in [3.05, 3.63) is 63.9 Å². The van der Waals surface area contributed by atoms with Crippen LogP contribution in [0.5, 0.6) is 0 Å². The number of aliphatic imine (C=N–C) groups is 1. The van der Waals surface area contributed by atoms with E-state index in [0.29, 0.717) is 11.1 Å². The van der Waals surface area contributed by atoms with Crippen LogP contribution in [0.4, 0.5) is 5.82 Å². The van der Waals surface area contributed by atoms with Gasteiger partial charge in [0.1, 0.15) is 5.82 Å². The minimum absolute atomic E-state index is 0.161. The van der Waals surface area contributed by atoms with Gasteiger partial charge in [0, 0.05) is 35.0 Å². The van der Waals surface area contributed by atoms with Crippen molar-refractivity contribution in [2.24, 2.45) is 4.99 Å². The molecule has 0 aliphatic carbocycles. The van der Waals surface area contributed by atoms with Gasteiger partial charge in [-0.1, -0.05) is 18.2 Å². The Labute approximate surface area is 196 Å². The number of carbonyl (C=O) groups is 1. The number of nitrogens with zero attached hydrogens (tertiary/aromatic N) is 3. The molecule has 1 aromatic carbocycles. The number of benzene rings is 1. The number of hydrogen-bond donors (Lipinski definition) is 0. The van der Waals surface area contributed by atoms with Crippen molar-refractivity contribution < 1.29 is 14.3 Å². The number of nitriles is 1. The first-order chi connectivity index (χ1) is 15.5. The van der Waals surface area contributed by atoms with Gasteiger partial charge in [-0.05, 0) is 71.7 Å². The fourth-order valence-corrected chi connectivity index (χ4v) is 4.36. The van der Waals surface area contributed by atoms with E-state index in [1.807, 2.05) is 52.0 Å². The molecule has 1 aliphatic heterocycles. The largest absolute Gasteiger partial charge is 0.467 e. The summed E-state index contributed by atoms with van der Waals surface area (Å²) in [5, 5.41) is 9.25. The maximum Gasteiger partial charge on any atom is 0.339 e. The predicted molar refractivity (Wildman–Crippen MR) is 130 cm³/mol. The molecule has 174 valence electrons. The molecule has 0 saturated carbocycles. The molecule has 0 saturated heterocycles. The van der Waals surface area contributed by atoms with E-state index in [9.17, 15) is 10.1 Å². The van der Waals surface area contributed by atoms with Crippen LogP contribution in [0.15, 0.2) is 40.9 Å². The quantitative estimate of drug-likeness (QED) is 0.566. The molecule has 6 nitrogen and oxygen atoms in total. The van der Waals surface area contributed by atoms with Crippen molar-refractivity contribution in [1.29, 1.82) is 5.26 Å². The van der Waals surface area contributed by atoms with E-state index in [1.165, 1.54) is 18.4 Å². The molecular weight excluding hydrogens is 414 g/mol. The Morgan fingerprint density at radius 3 is 2.36 bits per heavy atom. The van der Waals surface area contributed by atoms with Crippen molar-refractivity contribution in [1.82, 2.24) is 4.57 Å². The van der Waals surface area contributed by atoms with Crippen LogP contribution in [-0.2, 0) is 20.8 Å². The minimum Gasteiger partial charge on any atom is -0.467 e. The minimum atomic E-state index is -0.903. The maximum absolute atomic E-state index is 12.8. The summed E-state index contributed by atoms with van der Waals surface area (Å²) in [7, 11) is 1.37. The van der Waals surface area contributed by atoms with Crippen LogP contribution in [0, 0.1) is 25.2 Å². The van der Waals surface area contributed by atoms with E-state index in [-0.39, 0.29) is 5.92 Å². The number of allylic oxidation sites excluding steroid dienone is 1. The number of carbonyl (C=O) groups excluding carboxylic acids is 1. The topological polar surface area (TPSA) is 76.6 Å². The highest BCUT2D eigenvalue weighted by atomic mass is 16.6. The summed E-state index contributed by atoms with van der Waals surface area (Å²) in [5.41, 5.74) is 5.93. The number of methoxy groups -OCH3 is 1. The van der Waals surface area contributed by atoms with Gasteiger partial charge < -0.3 is 14.0 Å². The molecule has 0 bridgehead atoms. The summed E-state index contributed by atoms with van der Waals surface area (Å²) in [6, 6.07) is 9.77. The van der Waals surface area contributed by atoms with Crippen LogP contribution < -0.4 is 0 Å². The van der Waals surface area contributed by atoms with Gasteiger partial charge in [0.15, 0.2) is 6.10 Å². The first-order valence-corrected chi connectivity index (χ1v) is 11.2. The van der Waals surface area contributed by atoms with Gasteiger partial charge in [-0.25, -0.2) is 9.79 Å². The average Bonchev–Trinajstić information content (AvgIpc) is 2.91. The summed E-state index contributed by atoms with van der Waals surface area (Å²) in [6.07, 6.45) is 1.17. The van der Waals surface area contributed by atoms with E-state index >= 15 is 0 Å². The number of hydrogen-bond acceptors (Lipinski definition) is 5. The smallest absolute Gasteiger partial charge is 0.339 e. The number of rotatable bonds is 5. The lowest BCUT2D eigenvalue weighted by Crippen LogP contribution is -2.37. The van der Waals surface area contributed by atoms with E-state index in [0.717, 1.165) is 29.2 Å². The molecule has 2 heterocycles. The standard InChI is InChI=1S/C27H33N3O3/c1-9-30-18(4)16(2)23-22(20-12-10-19(15-28)11-13-20)14-21(17(3)29-25(23)30)24(26(31)32-8)33-27(5,6)7/h10-14,22,24H,9H2,1-8H3. The van der Waals surface area contributed by atoms with Gasteiger partial charge in [-0.2, -0.15) is 5.26 Å². The van der Waals surface area contributed by atoms with Crippen LogP contribution in [0.25, 0.3) is 0 Å². The van der Waals surface area contributed by atoms with E-state index in [4.69, 9.17) is 14.5 Å². The molecular formula is C27H33N3O3. The zero-order valence-electron chi connectivity index (χ0n) is 20.8. The molecule has 0 radical (unpaired) electrons. The van der Waals surface area contributed by atoms with Crippen molar-refractivity contribution in [3.63, 3.8) is 0 Å². The lowest BCUT2D eigenvalue weighted by Gasteiger charge is -2.28. The lowest BCUT2D eigenvalue weighted by atomic mass is 9.86. The van der Waals surface area contributed by atoms with Crippen LogP contribution >= 0.6 is 0 Å². The van der Waals surface area contributed by atoms with Gasteiger partial charge in [0.2, 0.25) is 0 Å². The third kappa shape index (κ3) is 4.79. The highest BCUT2D eigenvalue weighted by Crippen LogP contribution is 2.43. The van der Waals surface area contributed by atoms with Gasteiger partial charge in [0.05, 0.1) is 24.3 Å². The zero-order chi connectivity index (χ0) is 24.5. The normalized spacial score (nSPS) is 16.8. The average molecular weight is 448 g/mol. The molecule has 1 aromatic heterocycles. The van der Waals surface area contributed by atoms with Crippen molar-refractivity contribution >= 4 is 17.5 Å². The number of fused-ring (bicyclic) bond motifs is 1. The van der Waals surface area contributed by atoms with Gasteiger partial charge in [-0.3, -0.25) is 0 Å². The SMILES string of the molecule is CCn1c(C)c(C)c2c1N=C(C)C(C(OC(C)(C)C)C(=O)OC)=CC2c1ccc(C#N)cc1. The summed E-state index contributed by atoms with van der Waals surface area (Å²) < 4.78 is 13.5. The van der Waals surface area contributed by atoms with Crippen molar-refractivity contribution in [3.8, 4) is 6.07 Å². The number of ether oxygens (including phenoxy) is 2. The van der Waals surface area contributed by atoms with Gasteiger partial charge in [-0.15, -0.1) is 0 Å². The Bertz CT molecular complexity index is 1160. The molecule has 2 aromatic rings. The Hall–Kier alpha value is -3.17. The molecule has 0 amide bonds. The fourth-order valence-electron chi connectivity index (χ4n) is 4.36. The second-order valence-corrected chi connectivity index (χ2v) is 9.36. The van der Waals surface area contributed by atoms with Crippen LogP contribution in [0.3, 0.4) is 0 Å². The van der Waals surface area contributed by atoms with Gasteiger partial charge >= 0.3 is 5.97 Å². The number of esters is 1. The third-order valence-corrected chi connectivity index (χ3v) is 6.08. The Morgan fingerprint density at radius 2 is 1.85 bits per heavy atom. The summed E-state index contributed by atoms with van der Waals surface area (Å²) in [5.74, 6) is 0.276. The Balaban J connectivity index is 2.30. The Kier molecular flexibility index (Phi) is 6.94. The van der Waals surface area contributed by atoms with Crippen LogP contribution in [-0.4, -0.2) is 35.1 Å². The maximum atomic E-state index is 12.8. The zero-order valence-corrected chi connectivity index (χ0v) is 20.8. The summed E-state index contributed by atoms with van der Waals surface area (Å²) >= 11 is 0. The molecule has 0 fully saturated rings. The highest BCUT2D eigenvalue weighted by Gasteiger charge is 2.35. The molecule has 1 aliphatic rings. The highest BCUT2D eigenvalue weighted by molar-refractivity contribution is 6.06. The van der Waals surface area contributed by atoms with Crippen LogP contribution in [0.2, 0.25) is 0 Å². The molecule has 6 heteroatoms. The van der Waals surface area contributed by atoms with Crippen molar-refractivity contribution in [2.45, 2.75) is 72.6 Å². The third-order valence-electron chi connectivity index (χ3n) is 6.08. The molecule has 3 rings (SSSR count). The molecule has 2 unspecified atom stereocenters. The van der Waals surface area contributed by atoms with Gasteiger partial charge in [0.25, 0.3) is 0 Å². The first kappa shape index (κ1) is 24.5. The first-order valence-electron chi connectivity index (χ1n) is 11.2. The molecule has 0 spiro atoms. The summed E-state index contributed by atoms with van der Waals surface area (Å²) in [6.45, 7) is 14.8. The van der Waals surface area contributed by atoms with E-state index in [2.05, 4.69) is 37.5 Å².